The summed E-state index contributed by atoms with van der Waals surface area (Å²) in [6.07, 6.45) is 1.77. The summed E-state index contributed by atoms with van der Waals surface area (Å²) >= 11 is 6.70. The molecule has 3 rings (SSSR count). The second kappa shape index (κ2) is 10.5. The smallest absolute Gasteiger partial charge is 0.344 e. The molecule has 0 N–H and O–H groups in total. The largest absolute Gasteiger partial charge is 0.493 e. The molecule has 0 spiro atoms. The van der Waals surface area contributed by atoms with E-state index in [2.05, 4.69) is 0 Å². The van der Waals surface area contributed by atoms with Crippen LogP contribution >= 0.6 is 24.0 Å². The van der Waals surface area contributed by atoms with Crippen molar-refractivity contribution < 1.29 is 23.8 Å². The third-order valence-corrected chi connectivity index (χ3v) is 5.85. The number of carbonyl (C=O) groups is 2. The van der Waals surface area contributed by atoms with Crippen LogP contribution in [-0.2, 0) is 20.9 Å². The predicted molar refractivity (Wildman–Crippen MR) is 125 cm³/mol. The highest BCUT2D eigenvalue weighted by molar-refractivity contribution is 8.26. The maximum Gasteiger partial charge on any atom is 0.344 e. The van der Waals surface area contributed by atoms with Crippen molar-refractivity contribution in [2.24, 2.45) is 0 Å². The van der Waals surface area contributed by atoms with E-state index in [4.69, 9.17) is 26.4 Å². The maximum atomic E-state index is 12.9. The fourth-order valence-electron chi connectivity index (χ4n) is 2.90. The van der Waals surface area contributed by atoms with E-state index in [1.165, 1.54) is 18.9 Å². The number of hydrogen-bond donors (Lipinski definition) is 0. The Morgan fingerprint density at radius 3 is 2.58 bits per heavy atom. The van der Waals surface area contributed by atoms with Gasteiger partial charge in [0.1, 0.15) is 4.32 Å². The van der Waals surface area contributed by atoms with E-state index in [1.807, 2.05) is 31.2 Å². The summed E-state index contributed by atoms with van der Waals surface area (Å²) in [6, 6.07) is 13.2. The second-order valence-corrected chi connectivity index (χ2v) is 8.43. The van der Waals surface area contributed by atoms with Crippen molar-refractivity contribution in [3.63, 3.8) is 0 Å². The molecule has 2 aromatic carbocycles. The molecular weight excluding hydrogens is 434 g/mol. The van der Waals surface area contributed by atoms with Gasteiger partial charge in [0.15, 0.2) is 18.1 Å². The van der Waals surface area contributed by atoms with Crippen molar-refractivity contribution in [3.05, 3.63) is 64.1 Å². The lowest BCUT2D eigenvalue weighted by Gasteiger charge is -2.14. The molecule has 0 aliphatic carbocycles. The zero-order valence-electron chi connectivity index (χ0n) is 17.5. The Labute approximate surface area is 191 Å². The van der Waals surface area contributed by atoms with Gasteiger partial charge in [-0.15, -0.1) is 0 Å². The van der Waals surface area contributed by atoms with E-state index in [0.717, 1.165) is 16.7 Å². The molecule has 0 radical (unpaired) electrons. The molecule has 162 valence electrons. The molecule has 0 bridgehead atoms. The summed E-state index contributed by atoms with van der Waals surface area (Å²) < 4.78 is 16.2. The average molecular weight is 458 g/mol. The zero-order chi connectivity index (χ0) is 22.4. The molecule has 0 atom stereocenters. The Morgan fingerprint density at radius 2 is 1.90 bits per heavy atom. The van der Waals surface area contributed by atoms with E-state index >= 15 is 0 Å². The topological polar surface area (TPSA) is 65.1 Å². The van der Waals surface area contributed by atoms with Crippen LogP contribution in [0.15, 0.2) is 47.4 Å². The van der Waals surface area contributed by atoms with Gasteiger partial charge in [-0.05, 0) is 43.2 Å². The van der Waals surface area contributed by atoms with Crippen molar-refractivity contribution in [1.29, 1.82) is 0 Å². The first-order chi connectivity index (χ1) is 14.9. The molecule has 2 aromatic rings. The fraction of sp³-hybridized carbons (Fsp3) is 0.261. The first kappa shape index (κ1) is 22.8. The third-order valence-electron chi connectivity index (χ3n) is 4.47. The number of amides is 1. The number of esters is 1. The van der Waals surface area contributed by atoms with E-state index in [9.17, 15) is 9.59 Å². The van der Waals surface area contributed by atoms with Crippen LogP contribution in [-0.4, -0.2) is 41.4 Å². The van der Waals surface area contributed by atoms with Gasteiger partial charge >= 0.3 is 5.97 Å². The van der Waals surface area contributed by atoms with Crippen molar-refractivity contribution >= 4 is 46.3 Å². The summed E-state index contributed by atoms with van der Waals surface area (Å²) in [4.78, 5) is 26.5. The number of benzene rings is 2. The summed E-state index contributed by atoms with van der Waals surface area (Å²) in [5.74, 6) is 0.288. The molecule has 0 saturated carbocycles. The second-order valence-electron chi connectivity index (χ2n) is 6.76. The summed E-state index contributed by atoms with van der Waals surface area (Å²) in [5.41, 5.74) is 2.95. The van der Waals surface area contributed by atoms with Gasteiger partial charge in [-0.25, -0.2) is 4.79 Å². The maximum absolute atomic E-state index is 12.9. The van der Waals surface area contributed by atoms with Gasteiger partial charge < -0.3 is 14.2 Å². The van der Waals surface area contributed by atoms with Gasteiger partial charge in [-0.2, -0.15) is 0 Å². The monoisotopic (exact) mass is 457 g/mol. The van der Waals surface area contributed by atoms with Crippen LogP contribution in [0.2, 0.25) is 0 Å². The Balaban J connectivity index is 1.73. The van der Waals surface area contributed by atoms with E-state index in [0.29, 0.717) is 33.9 Å². The Kier molecular flexibility index (Phi) is 7.70. The number of carbonyl (C=O) groups excluding carboxylic acids is 2. The van der Waals surface area contributed by atoms with Crippen molar-refractivity contribution in [1.82, 2.24) is 4.90 Å². The number of aryl methyl sites for hydroxylation is 1. The molecule has 6 nitrogen and oxygen atoms in total. The highest BCUT2D eigenvalue weighted by atomic mass is 32.2. The molecule has 0 unspecified atom stereocenters. The van der Waals surface area contributed by atoms with Crippen LogP contribution in [0.5, 0.6) is 11.5 Å². The van der Waals surface area contributed by atoms with Gasteiger partial charge in [0.05, 0.1) is 25.2 Å². The molecule has 0 aromatic heterocycles. The van der Waals surface area contributed by atoms with E-state index < -0.39 is 5.97 Å². The fourth-order valence-corrected chi connectivity index (χ4v) is 4.15. The van der Waals surface area contributed by atoms with Gasteiger partial charge in [0, 0.05) is 0 Å². The van der Waals surface area contributed by atoms with Gasteiger partial charge in [0.2, 0.25) is 0 Å². The van der Waals surface area contributed by atoms with Crippen LogP contribution < -0.4 is 9.47 Å². The first-order valence-electron chi connectivity index (χ1n) is 9.68. The minimum atomic E-state index is -0.453. The molecule has 1 amide bonds. The number of nitrogens with zero attached hydrogens (tertiary/aromatic N) is 1. The minimum absolute atomic E-state index is 0.128. The standard InChI is InChI=1S/C23H23NO5S2/c1-4-28-21(25)14-29-18-10-9-17(11-19(18)27-3)12-20-22(26)24(23(30)31-20)13-16-7-5-15(2)6-8-16/h5-12H,4,13-14H2,1-3H3/b20-12-. The van der Waals surface area contributed by atoms with Crippen LogP contribution in [0, 0.1) is 6.92 Å². The number of hydrogen-bond acceptors (Lipinski definition) is 7. The van der Waals surface area contributed by atoms with E-state index in [1.54, 1.807) is 36.1 Å². The van der Waals surface area contributed by atoms with Crippen LogP contribution in [0.4, 0.5) is 0 Å². The molecule has 8 heteroatoms. The van der Waals surface area contributed by atoms with Gasteiger partial charge in [0.25, 0.3) is 5.91 Å². The lowest BCUT2D eigenvalue weighted by atomic mass is 10.1. The van der Waals surface area contributed by atoms with Crippen molar-refractivity contribution in [2.45, 2.75) is 20.4 Å². The quantitative estimate of drug-likeness (QED) is 0.332. The first-order valence-corrected chi connectivity index (χ1v) is 10.9. The summed E-state index contributed by atoms with van der Waals surface area (Å²) in [5, 5.41) is 0. The number of ether oxygens (including phenoxy) is 3. The van der Waals surface area contributed by atoms with Crippen LogP contribution in [0.3, 0.4) is 0 Å². The number of thioether (sulfide) groups is 1. The zero-order valence-corrected chi connectivity index (χ0v) is 19.2. The molecule has 1 saturated heterocycles. The normalized spacial score (nSPS) is 14.8. The molecule has 31 heavy (non-hydrogen) atoms. The average Bonchev–Trinajstić information content (AvgIpc) is 3.01. The van der Waals surface area contributed by atoms with Gasteiger partial charge in [-0.3, -0.25) is 9.69 Å². The Bertz CT molecular complexity index is 1020. The minimum Gasteiger partial charge on any atom is -0.493 e. The number of rotatable bonds is 8. The molecule has 1 aliphatic heterocycles. The predicted octanol–water partition coefficient (Wildman–Crippen LogP) is 4.35. The lowest BCUT2D eigenvalue weighted by Crippen LogP contribution is -2.27. The summed E-state index contributed by atoms with van der Waals surface area (Å²) in [6.45, 7) is 4.28. The van der Waals surface area contributed by atoms with Crippen LogP contribution in [0.1, 0.15) is 23.6 Å². The number of thiocarbonyl (C=S) groups is 1. The van der Waals surface area contributed by atoms with Gasteiger partial charge in [-0.1, -0.05) is 59.9 Å². The van der Waals surface area contributed by atoms with Crippen LogP contribution in [0.25, 0.3) is 6.08 Å². The van der Waals surface area contributed by atoms with Crippen molar-refractivity contribution in [2.75, 3.05) is 20.3 Å². The highest BCUT2D eigenvalue weighted by Gasteiger charge is 2.32. The molecule has 1 heterocycles. The highest BCUT2D eigenvalue weighted by Crippen LogP contribution is 2.35. The van der Waals surface area contributed by atoms with Crippen molar-refractivity contribution in [3.8, 4) is 11.5 Å². The molecular formula is C23H23NO5S2. The Hall–Kier alpha value is -2.84. The Morgan fingerprint density at radius 1 is 1.16 bits per heavy atom. The lowest BCUT2D eigenvalue weighted by molar-refractivity contribution is -0.145. The third kappa shape index (κ3) is 5.86. The van der Waals surface area contributed by atoms with E-state index in [-0.39, 0.29) is 12.5 Å². The SMILES string of the molecule is CCOC(=O)COc1ccc(/C=C2\SC(=S)N(Cc3ccc(C)cc3)C2=O)cc1OC. The molecule has 1 aliphatic rings. The number of methoxy groups -OCH3 is 1. The summed E-state index contributed by atoms with van der Waals surface area (Å²) in [7, 11) is 1.51. The molecule has 1 fully saturated rings.